The molecule has 1 N–H and O–H groups in total. The Morgan fingerprint density at radius 1 is 1.37 bits per heavy atom. The number of hydrogen-bond donors (Lipinski definition) is 1. The van der Waals surface area contributed by atoms with E-state index in [1.807, 2.05) is 12.1 Å². The van der Waals surface area contributed by atoms with E-state index in [2.05, 4.69) is 58.4 Å². The molecule has 0 spiro atoms. The van der Waals surface area contributed by atoms with Crippen LogP contribution in [0.2, 0.25) is 0 Å². The highest BCUT2D eigenvalue weighted by molar-refractivity contribution is 14.1. The first kappa shape index (κ1) is 14.8. The molecule has 0 fully saturated rings. The molecule has 0 aliphatic rings. The fourth-order valence-corrected chi connectivity index (χ4v) is 3.47. The van der Waals surface area contributed by atoms with E-state index in [1.54, 1.807) is 18.4 Å². The molecule has 0 saturated carbocycles. The minimum atomic E-state index is 0.205. The monoisotopic (exact) mass is 387 g/mol. The fourth-order valence-electron chi connectivity index (χ4n) is 2.08. The van der Waals surface area contributed by atoms with Gasteiger partial charge in [0.05, 0.1) is 16.0 Å². The van der Waals surface area contributed by atoms with Crippen molar-refractivity contribution in [1.82, 2.24) is 5.32 Å². The minimum absolute atomic E-state index is 0.205. The lowest BCUT2D eigenvalue weighted by molar-refractivity contribution is 0.404. The van der Waals surface area contributed by atoms with Crippen LogP contribution >= 0.6 is 33.9 Å². The van der Waals surface area contributed by atoms with Crippen molar-refractivity contribution < 1.29 is 4.74 Å². The Morgan fingerprint density at radius 2 is 2.16 bits per heavy atom. The van der Waals surface area contributed by atoms with Gasteiger partial charge in [-0.05, 0) is 58.6 Å². The zero-order valence-corrected chi connectivity index (χ0v) is 14.1. The average Bonchev–Trinajstić information content (AvgIpc) is 2.86. The van der Waals surface area contributed by atoms with Gasteiger partial charge in [0.25, 0.3) is 0 Å². The molecule has 1 atom stereocenters. The van der Waals surface area contributed by atoms with Crippen molar-refractivity contribution in [3.05, 3.63) is 49.7 Å². The maximum absolute atomic E-state index is 5.50. The molecule has 2 rings (SSSR count). The molecule has 1 unspecified atom stereocenters. The van der Waals surface area contributed by atoms with Gasteiger partial charge in [-0.15, -0.1) is 11.3 Å². The zero-order valence-electron chi connectivity index (χ0n) is 11.2. The molecule has 0 aliphatic heterocycles. The summed E-state index contributed by atoms with van der Waals surface area (Å²) in [6.07, 6.45) is 1.12. The molecule has 1 aromatic carbocycles. The molecule has 19 heavy (non-hydrogen) atoms. The van der Waals surface area contributed by atoms with Gasteiger partial charge in [0.2, 0.25) is 0 Å². The average molecular weight is 387 g/mol. The van der Waals surface area contributed by atoms with Crippen LogP contribution in [-0.2, 0) is 0 Å². The number of thiophene rings is 1. The maximum Gasteiger partial charge on any atom is 0.123 e. The summed E-state index contributed by atoms with van der Waals surface area (Å²) in [6.45, 7) is 3.18. The molecular weight excluding hydrogens is 369 g/mol. The van der Waals surface area contributed by atoms with Gasteiger partial charge < -0.3 is 10.1 Å². The lowest BCUT2D eigenvalue weighted by atomic mass is 10.00. The van der Waals surface area contributed by atoms with Gasteiger partial charge in [0.1, 0.15) is 5.75 Å². The molecule has 0 radical (unpaired) electrons. The highest BCUT2D eigenvalue weighted by Crippen LogP contribution is 2.32. The van der Waals surface area contributed by atoms with Gasteiger partial charge in [0.15, 0.2) is 0 Å². The van der Waals surface area contributed by atoms with Gasteiger partial charge in [-0.25, -0.2) is 0 Å². The van der Waals surface area contributed by atoms with E-state index in [4.69, 9.17) is 4.74 Å². The van der Waals surface area contributed by atoms with E-state index >= 15 is 0 Å². The molecule has 2 nitrogen and oxygen atoms in total. The van der Waals surface area contributed by atoms with E-state index in [9.17, 15) is 0 Å². The van der Waals surface area contributed by atoms with Crippen molar-refractivity contribution in [2.45, 2.75) is 19.4 Å². The van der Waals surface area contributed by atoms with E-state index in [0.717, 1.165) is 18.7 Å². The summed E-state index contributed by atoms with van der Waals surface area (Å²) < 4.78 is 6.81. The van der Waals surface area contributed by atoms with Crippen molar-refractivity contribution in [1.29, 1.82) is 0 Å². The van der Waals surface area contributed by atoms with Crippen LogP contribution in [0.25, 0.3) is 0 Å². The van der Waals surface area contributed by atoms with Crippen molar-refractivity contribution >= 4 is 33.9 Å². The first-order chi connectivity index (χ1) is 9.26. The summed E-state index contributed by atoms with van der Waals surface area (Å²) in [7, 11) is 1.73. The van der Waals surface area contributed by atoms with Crippen LogP contribution in [0.4, 0.5) is 0 Å². The Balaban J connectivity index is 2.36. The van der Waals surface area contributed by atoms with Crippen molar-refractivity contribution in [2.24, 2.45) is 0 Å². The molecule has 0 saturated heterocycles. The summed E-state index contributed by atoms with van der Waals surface area (Å²) in [4.78, 5) is 0. The second kappa shape index (κ2) is 7.26. The van der Waals surface area contributed by atoms with Gasteiger partial charge in [-0.2, -0.15) is 0 Å². The number of halogens is 1. The number of benzene rings is 1. The number of methoxy groups -OCH3 is 1. The van der Waals surface area contributed by atoms with E-state index in [-0.39, 0.29) is 6.04 Å². The SMILES string of the molecule is CCCNC(c1csc(I)c1)c1ccccc1OC. The second-order valence-corrected chi connectivity index (χ2v) is 7.12. The van der Waals surface area contributed by atoms with Gasteiger partial charge >= 0.3 is 0 Å². The summed E-state index contributed by atoms with van der Waals surface area (Å²) in [5.41, 5.74) is 2.51. The molecule has 4 heteroatoms. The van der Waals surface area contributed by atoms with Gasteiger partial charge in [-0.1, -0.05) is 25.1 Å². The molecule has 2 aromatic rings. The smallest absolute Gasteiger partial charge is 0.123 e. The van der Waals surface area contributed by atoms with E-state index in [0.29, 0.717) is 0 Å². The molecule has 1 aromatic heterocycles. The Labute approximate surface area is 132 Å². The largest absolute Gasteiger partial charge is 0.496 e. The standard InChI is InChI=1S/C15H18INOS/c1-3-8-17-15(11-9-14(16)19-10-11)12-6-4-5-7-13(12)18-2/h4-7,9-10,15,17H,3,8H2,1-2H3. The Morgan fingerprint density at radius 3 is 2.79 bits per heavy atom. The van der Waals surface area contributed by atoms with Crippen LogP contribution in [0, 0.1) is 2.88 Å². The molecule has 0 bridgehead atoms. The van der Waals surface area contributed by atoms with Crippen LogP contribution in [0.3, 0.4) is 0 Å². The number of para-hydroxylation sites is 1. The van der Waals surface area contributed by atoms with Crippen LogP contribution in [0.1, 0.15) is 30.5 Å². The maximum atomic E-state index is 5.50. The van der Waals surface area contributed by atoms with Crippen molar-refractivity contribution in [2.75, 3.05) is 13.7 Å². The van der Waals surface area contributed by atoms with Gasteiger partial charge in [0, 0.05) is 5.56 Å². The predicted molar refractivity (Wildman–Crippen MR) is 90.2 cm³/mol. The number of ether oxygens (including phenoxy) is 1. The first-order valence-electron chi connectivity index (χ1n) is 6.36. The van der Waals surface area contributed by atoms with Crippen molar-refractivity contribution in [3.63, 3.8) is 0 Å². The lowest BCUT2D eigenvalue weighted by Crippen LogP contribution is -2.23. The third-order valence-corrected chi connectivity index (χ3v) is 4.78. The normalized spacial score (nSPS) is 12.4. The Hall–Kier alpha value is -0.590. The van der Waals surface area contributed by atoms with E-state index in [1.165, 1.54) is 14.0 Å². The summed E-state index contributed by atoms with van der Waals surface area (Å²) >= 11 is 4.15. The number of nitrogens with one attached hydrogen (secondary N) is 1. The summed E-state index contributed by atoms with van der Waals surface area (Å²) in [6, 6.07) is 10.7. The lowest BCUT2D eigenvalue weighted by Gasteiger charge is -2.20. The predicted octanol–water partition coefficient (Wildman–Crippen LogP) is 4.45. The first-order valence-corrected chi connectivity index (χ1v) is 8.32. The minimum Gasteiger partial charge on any atom is -0.496 e. The zero-order chi connectivity index (χ0) is 13.7. The van der Waals surface area contributed by atoms with E-state index < -0.39 is 0 Å². The Bertz CT molecular complexity index is 526. The fraction of sp³-hybridized carbons (Fsp3) is 0.333. The van der Waals surface area contributed by atoms with Crippen molar-refractivity contribution in [3.8, 4) is 5.75 Å². The van der Waals surface area contributed by atoms with Crippen LogP contribution in [0.5, 0.6) is 5.75 Å². The summed E-state index contributed by atoms with van der Waals surface area (Å²) in [5.74, 6) is 0.942. The Kier molecular flexibility index (Phi) is 5.66. The summed E-state index contributed by atoms with van der Waals surface area (Å²) in [5, 5.41) is 5.84. The third kappa shape index (κ3) is 3.70. The van der Waals surface area contributed by atoms with Crippen LogP contribution in [0.15, 0.2) is 35.7 Å². The molecule has 0 amide bonds. The molecular formula is C15H18INOS. The number of rotatable bonds is 6. The highest BCUT2D eigenvalue weighted by Gasteiger charge is 2.18. The van der Waals surface area contributed by atoms with Crippen LogP contribution < -0.4 is 10.1 Å². The molecule has 102 valence electrons. The topological polar surface area (TPSA) is 21.3 Å². The van der Waals surface area contributed by atoms with Gasteiger partial charge in [-0.3, -0.25) is 0 Å². The quantitative estimate of drug-likeness (QED) is 0.740. The molecule has 1 heterocycles. The molecule has 0 aliphatic carbocycles. The second-order valence-electron chi connectivity index (χ2n) is 4.31. The van der Waals surface area contributed by atoms with Crippen LogP contribution in [-0.4, -0.2) is 13.7 Å². The third-order valence-electron chi connectivity index (χ3n) is 2.97. The highest BCUT2D eigenvalue weighted by atomic mass is 127. The number of hydrogen-bond acceptors (Lipinski definition) is 3.